The van der Waals surface area contributed by atoms with Crippen molar-refractivity contribution >= 4 is 15.9 Å². The molecule has 0 bridgehead atoms. The van der Waals surface area contributed by atoms with E-state index < -0.39 is 0 Å². The van der Waals surface area contributed by atoms with E-state index in [1.165, 1.54) is 11.1 Å². The van der Waals surface area contributed by atoms with Gasteiger partial charge in [0.15, 0.2) is 0 Å². The minimum atomic E-state index is 0.0984. The lowest BCUT2D eigenvalue weighted by molar-refractivity contribution is 0.481. The monoisotopic (exact) mass is 333 g/mol. The first kappa shape index (κ1) is 15.1. The van der Waals surface area contributed by atoms with E-state index in [0.717, 1.165) is 28.0 Å². The molecule has 0 fully saturated rings. The van der Waals surface area contributed by atoms with Gasteiger partial charge in [-0.05, 0) is 61.2 Å². The molecule has 1 atom stereocenters. The number of hydrogen-bond acceptors (Lipinski definition) is 2. The lowest BCUT2D eigenvalue weighted by atomic mass is 10.1. The summed E-state index contributed by atoms with van der Waals surface area (Å²) in [7, 11) is 0. The zero-order valence-electron chi connectivity index (χ0n) is 12.1. The summed E-state index contributed by atoms with van der Waals surface area (Å²) in [6.45, 7) is 6.21. The van der Waals surface area contributed by atoms with Crippen molar-refractivity contribution in [1.29, 1.82) is 0 Å². The Labute approximate surface area is 129 Å². The minimum absolute atomic E-state index is 0.0984. The summed E-state index contributed by atoms with van der Waals surface area (Å²) in [4.78, 5) is 0. The van der Waals surface area contributed by atoms with Gasteiger partial charge in [-0.3, -0.25) is 0 Å². The second-order valence-corrected chi connectivity index (χ2v) is 5.85. The predicted octanol–water partition coefficient (Wildman–Crippen LogP) is 5.27. The lowest BCUT2D eigenvalue weighted by Crippen LogP contribution is -2.08. The van der Waals surface area contributed by atoms with E-state index in [2.05, 4.69) is 36.7 Å². The van der Waals surface area contributed by atoms with Crippen molar-refractivity contribution < 1.29 is 4.74 Å². The molecule has 106 valence electrons. The first-order chi connectivity index (χ1) is 9.51. The fourth-order valence-electron chi connectivity index (χ4n) is 2.12. The Morgan fingerprint density at radius 1 is 1.05 bits per heavy atom. The highest BCUT2D eigenvalue weighted by atomic mass is 79.9. The first-order valence-electron chi connectivity index (χ1n) is 6.81. The Kier molecular flexibility index (Phi) is 4.84. The van der Waals surface area contributed by atoms with Gasteiger partial charge in [-0.15, -0.1) is 0 Å². The van der Waals surface area contributed by atoms with Gasteiger partial charge in [0.2, 0.25) is 0 Å². The molecular weight excluding hydrogens is 314 g/mol. The highest BCUT2D eigenvalue weighted by molar-refractivity contribution is 9.10. The van der Waals surface area contributed by atoms with E-state index in [-0.39, 0.29) is 6.04 Å². The van der Waals surface area contributed by atoms with Crippen LogP contribution >= 0.6 is 15.9 Å². The topological polar surface area (TPSA) is 35.2 Å². The van der Waals surface area contributed by atoms with Crippen LogP contribution in [0.5, 0.6) is 11.5 Å². The molecule has 0 aliphatic heterocycles. The van der Waals surface area contributed by atoms with Gasteiger partial charge in [0.1, 0.15) is 11.5 Å². The molecule has 0 saturated heterocycles. The maximum Gasteiger partial charge on any atom is 0.128 e. The van der Waals surface area contributed by atoms with Gasteiger partial charge < -0.3 is 10.5 Å². The van der Waals surface area contributed by atoms with Crippen LogP contribution in [0, 0.1) is 13.8 Å². The van der Waals surface area contributed by atoms with Crippen molar-refractivity contribution in [3.8, 4) is 11.5 Å². The van der Waals surface area contributed by atoms with Gasteiger partial charge in [0.25, 0.3) is 0 Å². The molecule has 0 aromatic heterocycles. The van der Waals surface area contributed by atoms with Crippen LogP contribution in [0.25, 0.3) is 0 Å². The van der Waals surface area contributed by atoms with E-state index in [4.69, 9.17) is 10.5 Å². The zero-order chi connectivity index (χ0) is 14.7. The van der Waals surface area contributed by atoms with Crippen molar-refractivity contribution in [1.82, 2.24) is 0 Å². The number of rotatable bonds is 4. The van der Waals surface area contributed by atoms with Gasteiger partial charge in [-0.25, -0.2) is 0 Å². The fraction of sp³-hybridized carbons (Fsp3) is 0.294. The van der Waals surface area contributed by atoms with Crippen LogP contribution in [0.1, 0.15) is 36.1 Å². The maximum atomic E-state index is 6.01. The molecule has 0 heterocycles. The second kappa shape index (κ2) is 6.42. The van der Waals surface area contributed by atoms with Gasteiger partial charge in [0, 0.05) is 10.5 Å². The Morgan fingerprint density at radius 3 is 2.10 bits per heavy atom. The van der Waals surface area contributed by atoms with Crippen molar-refractivity contribution in [2.24, 2.45) is 5.73 Å². The molecule has 2 N–H and O–H groups in total. The van der Waals surface area contributed by atoms with Crippen LogP contribution in [0.15, 0.2) is 40.9 Å². The molecular formula is C17H20BrNO. The molecule has 0 aliphatic rings. The lowest BCUT2D eigenvalue weighted by Gasteiger charge is -2.12. The molecule has 20 heavy (non-hydrogen) atoms. The average Bonchev–Trinajstić information content (AvgIpc) is 2.44. The van der Waals surface area contributed by atoms with Gasteiger partial charge in [-0.1, -0.05) is 35.0 Å². The standard InChI is InChI=1S/C17H20BrNO/c1-4-16(19)13-5-7-14(8-6-13)20-15-9-11(2)17(18)12(3)10-15/h5-10,16H,4,19H2,1-3H3/t16-/m1/s1. The summed E-state index contributed by atoms with van der Waals surface area (Å²) in [5.74, 6) is 1.69. The molecule has 3 heteroatoms. The second-order valence-electron chi connectivity index (χ2n) is 5.06. The molecule has 0 aliphatic carbocycles. The molecule has 2 aromatic carbocycles. The smallest absolute Gasteiger partial charge is 0.128 e. The molecule has 0 spiro atoms. The van der Waals surface area contributed by atoms with Crippen LogP contribution < -0.4 is 10.5 Å². The summed E-state index contributed by atoms with van der Waals surface area (Å²) in [6.07, 6.45) is 0.936. The third-order valence-corrected chi connectivity index (χ3v) is 4.64. The van der Waals surface area contributed by atoms with Crippen LogP contribution in [0.4, 0.5) is 0 Å². The third kappa shape index (κ3) is 3.41. The Hall–Kier alpha value is -1.32. The Morgan fingerprint density at radius 2 is 1.60 bits per heavy atom. The molecule has 2 rings (SSSR count). The predicted molar refractivity (Wildman–Crippen MR) is 87.4 cm³/mol. The largest absolute Gasteiger partial charge is 0.457 e. The number of aryl methyl sites for hydroxylation is 2. The van der Waals surface area contributed by atoms with Crippen LogP contribution in [0.3, 0.4) is 0 Å². The van der Waals surface area contributed by atoms with Gasteiger partial charge >= 0.3 is 0 Å². The first-order valence-corrected chi connectivity index (χ1v) is 7.60. The highest BCUT2D eigenvalue weighted by Crippen LogP contribution is 2.30. The number of ether oxygens (including phenoxy) is 1. The number of benzene rings is 2. The zero-order valence-corrected chi connectivity index (χ0v) is 13.7. The van der Waals surface area contributed by atoms with Crippen molar-refractivity contribution in [3.05, 3.63) is 57.6 Å². The molecule has 2 aromatic rings. The fourth-order valence-corrected chi connectivity index (χ4v) is 2.35. The number of nitrogens with two attached hydrogens (primary N) is 1. The molecule has 0 amide bonds. The normalized spacial score (nSPS) is 12.2. The maximum absolute atomic E-state index is 6.01. The van der Waals surface area contributed by atoms with Crippen LogP contribution in [0.2, 0.25) is 0 Å². The Bertz CT molecular complexity index is 569. The van der Waals surface area contributed by atoms with Gasteiger partial charge in [0.05, 0.1) is 0 Å². The summed E-state index contributed by atoms with van der Waals surface area (Å²) < 4.78 is 7.04. The summed E-state index contributed by atoms with van der Waals surface area (Å²) in [5.41, 5.74) is 9.49. The molecule has 0 saturated carbocycles. The van der Waals surface area contributed by atoms with Gasteiger partial charge in [-0.2, -0.15) is 0 Å². The van der Waals surface area contributed by atoms with E-state index in [1.807, 2.05) is 36.4 Å². The van der Waals surface area contributed by atoms with E-state index in [9.17, 15) is 0 Å². The average molecular weight is 334 g/mol. The SMILES string of the molecule is CC[C@@H](N)c1ccc(Oc2cc(C)c(Br)c(C)c2)cc1. The highest BCUT2D eigenvalue weighted by Gasteiger charge is 2.06. The summed E-state index contributed by atoms with van der Waals surface area (Å²) in [6, 6.07) is 12.2. The quantitative estimate of drug-likeness (QED) is 0.827. The van der Waals surface area contributed by atoms with Crippen LogP contribution in [-0.4, -0.2) is 0 Å². The minimum Gasteiger partial charge on any atom is -0.457 e. The van der Waals surface area contributed by atoms with Crippen molar-refractivity contribution in [2.75, 3.05) is 0 Å². The molecule has 0 radical (unpaired) electrons. The van der Waals surface area contributed by atoms with Crippen molar-refractivity contribution in [2.45, 2.75) is 33.2 Å². The Balaban J connectivity index is 2.18. The van der Waals surface area contributed by atoms with E-state index in [0.29, 0.717) is 0 Å². The van der Waals surface area contributed by atoms with E-state index >= 15 is 0 Å². The molecule has 2 nitrogen and oxygen atoms in total. The summed E-state index contributed by atoms with van der Waals surface area (Å²) in [5, 5.41) is 0. The van der Waals surface area contributed by atoms with Crippen LogP contribution in [-0.2, 0) is 0 Å². The molecule has 0 unspecified atom stereocenters. The van der Waals surface area contributed by atoms with Crippen molar-refractivity contribution in [3.63, 3.8) is 0 Å². The third-order valence-electron chi connectivity index (χ3n) is 3.39. The van der Waals surface area contributed by atoms with E-state index in [1.54, 1.807) is 0 Å². The summed E-state index contributed by atoms with van der Waals surface area (Å²) >= 11 is 3.56. The number of hydrogen-bond donors (Lipinski definition) is 1. The number of halogens is 1.